The van der Waals surface area contributed by atoms with Crippen molar-refractivity contribution < 1.29 is 23.9 Å². The van der Waals surface area contributed by atoms with E-state index in [4.69, 9.17) is 4.74 Å². The number of ether oxygens (including phenoxy) is 1. The second-order valence-corrected chi connectivity index (χ2v) is 9.87. The SMILES string of the molecule is CCNC(=O)C(C)CC(/C=C1\CCCOC1=O)NC(=O)CCC(=O)c1ccc(-c2cccc3ccccc23)[nH]1. The van der Waals surface area contributed by atoms with Gasteiger partial charge in [-0.15, -0.1) is 0 Å². The lowest BCUT2D eigenvalue weighted by atomic mass is 9.96. The van der Waals surface area contributed by atoms with Gasteiger partial charge in [0.05, 0.1) is 12.3 Å². The molecule has 0 aliphatic carbocycles. The Hall–Kier alpha value is -4.20. The average molecular weight is 530 g/mol. The van der Waals surface area contributed by atoms with Gasteiger partial charge in [-0.25, -0.2) is 4.79 Å². The molecule has 0 saturated carbocycles. The number of fused-ring (bicyclic) bond motifs is 1. The summed E-state index contributed by atoms with van der Waals surface area (Å²) in [5.74, 6) is -1.38. The number of cyclic esters (lactones) is 1. The highest BCUT2D eigenvalue weighted by atomic mass is 16.5. The first-order valence-corrected chi connectivity index (χ1v) is 13.5. The summed E-state index contributed by atoms with van der Waals surface area (Å²) in [6.07, 6.45) is 3.31. The van der Waals surface area contributed by atoms with E-state index in [2.05, 4.69) is 15.6 Å². The molecule has 1 aliphatic rings. The minimum absolute atomic E-state index is 0.0128. The number of aromatic nitrogens is 1. The van der Waals surface area contributed by atoms with Crippen LogP contribution in [-0.2, 0) is 19.1 Å². The molecule has 8 nitrogen and oxygen atoms in total. The van der Waals surface area contributed by atoms with Crippen LogP contribution < -0.4 is 10.6 Å². The summed E-state index contributed by atoms with van der Waals surface area (Å²) in [6.45, 7) is 4.52. The van der Waals surface area contributed by atoms with Crippen molar-refractivity contribution in [3.8, 4) is 11.3 Å². The lowest BCUT2D eigenvalue weighted by molar-refractivity contribution is -0.141. The molecule has 4 rings (SSSR count). The van der Waals surface area contributed by atoms with Crippen LogP contribution in [-0.4, -0.2) is 47.7 Å². The number of ketones is 1. The van der Waals surface area contributed by atoms with Gasteiger partial charge >= 0.3 is 5.97 Å². The summed E-state index contributed by atoms with van der Waals surface area (Å²) >= 11 is 0. The van der Waals surface area contributed by atoms with Crippen LogP contribution in [0.15, 0.2) is 66.2 Å². The number of benzene rings is 2. The molecule has 39 heavy (non-hydrogen) atoms. The van der Waals surface area contributed by atoms with Gasteiger partial charge in [-0.1, -0.05) is 55.5 Å². The van der Waals surface area contributed by atoms with Gasteiger partial charge in [-0.05, 0) is 49.1 Å². The quantitative estimate of drug-likeness (QED) is 0.189. The summed E-state index contributed by atoms with van der Waals surface area (Å²) in [5, 5.41) is 7.89. The third kappa shape index (κ3) is 7.22. The van der Waals surface area contributed by atoms with Gasteiger partial charge in [-0.2, -0.15) is 0 Å². The van der Waals surface area contributed by atoms with Crippen molar-refractivity contribution in [1.82, 2.24) is 15.6 Å². The number of aromatic amines is 1. The Morgan fingerprint density at radius 2 is 1.85 bits per heavy atom. The molecule has 1 saturated heterocycles. The van der Waals surface area contributed by atoms with Crippen LogP contribution in [0.1, 0.15) is 56.4 Å². The fourth-order valence-corrected chi connectivity index (χ4v) is 4.84. The van der Waals surface area contributed by atoms with E-state index in [0.29, 0.717) is 37.3 Å². The number of nitrogens with one attached hydrogen (secondary N) is 3. The predicted molar refractivity (Wildman–Crippen MR) is 150 cm³/mol. The van der Waals surface area contributed by atoms with Crippen molar-refractivity contribution in [2.24, 2.45) is 5.92 Å². The van der Waals surface area contributed by atoms with Gasteiger partial charge in [0.15, 0.2) is 5.78 Å². The molecule has 3 aromatic rings. The summed E-state index contributed by atoms with van der Waals surface area (Å²) in [5.41, 5.74) is 2.78. The summed E-state index contributed by atoms with van der Waals surface area (Å²) < 4.78 is 5.13. The highest BCUT2D eigenvalue weighted by Crippen LogP contribution is 2.28. The normalized spacial score (nSPS) is 15.9. The molecule has 2 unspecified atom stereocenters. The largest absolute Gasteiger partial charge is 0.462 e. The predicted octanol–water partition coefficient (Wildman–Crippen LogP) is 4.71. The van der Waals surface area contributed by atoms with Crippen molar-refractivity contribution in [2.45, 2.75) is 52.0 Å². The lowest BCUT2D eigenvalue weighted by Gasteiger charge is -2.22. The Balaban J connectivity index is 1.39. The zero-order valence-electron chi connectivity index (χ0n) is 22.4. The molecular formula is C31H35N3O5. The van der Waals surface area contributed by atoms with E-state index in [9.17, 15) is 19.2 Å². The molecule has 1 aromatic heterocycles. The minimum Gasteiger partial charge on any atom is -0.462 e. The van der Waals surface area contributed by atoms with Gasteiger partial charge < -0.3 is 20.4 Å². The molecular weight excluding hydrogens is 494 g/mol. The van der Waals surface area contributed by atoms with E-state index in [1.807, 2.05) is 55.5 Å². The Bertz CT molecular complexity index is 1380. The van der Waals surface area contributed by atoms with E-state index in [1.54, 1.807) is 19.1 Å². The fraction of sp³-hybridized carbons (Fsp3) is 0.355. The first-order valence-electron chi connectivity index (χ1n) is 13.5. The Labute approximate surface area is 228 Å². The van der Waals surface area contributed by atoms with Gasteiger partial charge in [0.1, 0.15) is 0 Å². The number of amides is 2. The number of carbonyl (C=O) groups is 4. The van der Waals surface area contributed by atoms with Crippen LogP contribution >= 0.6 is 0 Å². The molecule has 2 heterocycles. The molecule has 1 aliphatic heterocycles. The first kappa shape index (κ1) is 27.8. The van der Waals surface area contributed by atoms with Gasteiger partial charge in [0, 0.05) is 48.2 Å². The maximum atomic E-state index is 12.9. The Morgan fingerprint density at radius 1 is 1.05 bits per heavy atom. The molecule has 0 bridgehead atoms. The molecule has 2 aromatic carbocycles. The van der Waals surface area contributed by atoms with Crippen molar-refractivity contribution in [2.75, 3.05) is 13.2 Å². The standard InChI is InChI=1S/C31H35N3O5/c1-3-32-30(37)20(2)18-23(19-22-10-7-17-39-31(22)38)33-29(36)16-15-28(35)27-14-13-26(34-27)25-12-6-9-21-8-4-5-11-24(21)25/h4-6,8-9,11-14,19-20,23,34H,3,7,10,15-18H2,1-2H3,(H,32,37)(H,33,36)/b22-19+. The second-order valence-electron chi connectivity index (χ2n) is 9.87. The highest BCUT2D eigenvalue weighted by molar-refractivity contribution is 5.99. The third-order valence-corrected chi connectivity index (χ3v) is 6.89. The summed E-state index contributed by atoms with van der Waals surface area (Å²) in [7, 11) is 0. The van der Waals surface area contributed by atoms with Crippen LogP contribution in [0, 0.1) is 5.92 Å². The molecule has 2 amide bonds. The zero-order chi connectivity index (χ0) is 27.8. The first-order chi connectivity index (χ1) is 18.9. The smallest absolute Gasteiger partial charge is 0.333 e. The Kier molecular flexibility index (Phi) is 9.31. The van der Waals surface area contributed by atoms with E-state index in [-0.39, 0.29) is 36.4 Å². The van der Waals surface area contributed by atoms with Gasteiger partial charge in [0.2, 0.25) is 11.8 Å². The van der Waals surface area contributed by atoms with Gasteiger partial charge in [0.25, 0.3) is 0 Å². The van der Waals surface area contributed by atoms with E-state index < -0.39 is 12.0 Å². The maximum absolute atomic E-state index is 12.9. The number of Topliss-reactive ketones (excluding diaryl/α,β-unsaturated/α-hetero) is 1. The number of hydrogen-bond acceptors (Lipinski definition) is 5. The van der Waals surface area contributed by atoms with Crippen molar-refractivity contribution >= 4 is 34.3 Å². The second kappa shape index (κ2) is 13.0. The van der Waals surface area contributed by atoms with Crippen LogP contribution in [0.25, 0.3) is 22.0 Å². The average Bonchev–Trinajstić information content (AvgIpc) is 3.43. The minimum atomic E-state index is -0.533. The number of esters is 1. The van der Waals surface area contributed by atoms with Crippen molar-refractivity contribution in [1.29, 1.82) is 0 Å². The summed E-state index contributed by atoms with van der Waals surface area (Å²) in [6, 6.07) is 17.2. The number of H-pyrrole nitrogens is 1. The van der Waals surface area contributed by atoms with E-state index >= 15 is 0 Å². The third-order valence-electron chi connectivity index (χ3n) is 6.89. The van der Waals surface area contributed by atoms with Crippen LogP contribution in [0.3, 0.4) is 0 Å². The number of rotatable bonds is 11. The van der Waals surface area contributed by atoms with Gasteiger partial charge in [-0.3, -0.25) is 14.4 Å². The number of carbonyl (C=O) groups excluding carboxylic acids is 4. The molecule has 1 fully saturated rings. The molecule has 8 heteroatoms. The zero-order valence-corrected chi connectivity index (χ0v) is 22.4. The molecule has 0 radical (unpaired) electrons. The molecule has 204 valence electrons. The molecule has 2 atom stereocenters. The highest BCUT2D eigenvalue weighted by Gasteiger charge is 2.23. The van der Waals surface area contributed by atoms with Crippen LogP contribution in [0.4, 0.5) is 0 Å². The Morgan fingerprint density at radius 3 is 2.64 bits per heavy atom. The van der Waals surface area contributed by atoms with Crippen molar-refractivity contribution in [3.63, 3.8) is 0 Å². The fourth-order valence-electron chi connectivity index (χ4n) is 4.84. The lowest BCUT2D eigenvalue weighted by Crippen LogP contribution is -2.39. The van der Waals surface area contributed by atoms with Crippen LogP contribution in [0.5, 0.6) is 0 Å². The monoisotopic (exact) mass is 529 g/mol. The topological polar surface area (TPSA) is 117 Å². The maximum Gasteiger partial charge on any atom is 0.333 e. The number of hydrogen-bond donors (Lipinski definition) is 3. The molecule has 0 spiro atoms. The van der Waals surface area contributed by atoms with E-state index in [0.717, 1.165) is 28.5 Å². The summed E-state index contributed by atoms with van der Waals surface area (Å²) in [4.78, 5) is 53.4. The van der Waals surface area contributed by atoms with Crippen LogP contribution in [0.2, 0.25) is 0 Å². The molecule has 3 N–H and O–H groups in total. The van der Waals surface area contributed by atoms with Crippen molar-refractivity contribution in [3.05, 3.63) is 71.9 Å². The van der Waals surface area contributed by atoms with E-state index in [1.165, 1.54) is 0 Å².